The highest BCUT2D eigenvalue weighted by atomic mass is 19.1. The second-order valence-corrected chi connectivity index (χ2v) is 10.2. The molecule has 0 saturated carbocycles. The van der Waals surface area contributed by atoms with Crippen molar-refractivity contribution in [1.82, 2.24) is 25.0 Å². The largest absolute Gasteiger partial charge is 0.497 e. The summed E-state index contributed by atoms with van der Waals surface area (Å²) in [5.41, 5.74) is 2.27. The molecule has 1 aliphatic rings. The topological polar surface area (TPSA) is 110 Å². The van der Waals surface area contributed by atoms with E-state index < -0.39 is 5.56 Å². The minimum atomic E-state index is -0.396. The molecular weight excluding hydrogens is 553 g/mol. The van der Waals surface area contributed by atoms with Crippen LogP contribution in [0.25, 0.3) is 11.4 Å². The Labute approximate surface area is 249 Å². The molecule has 1 aliphatic heterocycles. The molecule has 11 heteroatoms. The fourth-order valence-corrected chi connectivity index (χ4v) is 4.90. The summed E-state index contributed by atoms with van der Waals surface area (Å²) in [6.07, 6.45) is 0.379. The van der Waals surface area contributed by atoms with Crippen molar-refractivity contribution in [2.75, 3.05) is 40.4 Å². The molecule has 0 unspecified atom stereocenters. The number of aryl methyl sites for hydroxylation is 1. The summed E-state index contributed by atoms with van der Waals surface area (Å²) in [6, 6.07) is 19.3. The number of hydrogen-bond donors (Lipinski definition) is 1. The summed E-state index contributed by atoms with van der Waals surface area (Å²) >= 11 is 0. The van der Waals surface area contributed by atoms with Gasteiger partial charge in [0.15, 0.2) is 17.3 Å². The maximum Gasteiger partial charge on any atom is 0.273 e. The average Bonchev–Trinajstić information content (AvgIpc) is 3.03. The Balaban J connectivity index is 1.13. The van der Waals surface area contributed by atoms with Gasteiger partial charge in [0.25, 0.3) is 5.56 Å². The standard InChI is InChI=1S/C32H34FN5O5/c1-41-26-9-6-22(7-10-26)20-37-14-16-38(17-15-37)30(39)13-11-27-32(40)34-31(36-35-27)24-8-12-28(29(19-24)42-2)43-21-23-4-3-5-25(33)18-23/h3-10,12,18-19H,11,13-17,20-21H2,1-2H3,(H,34,36,40). The highest BCUT2D eigenvalue weighted by Gasteiger charge is 2.22. The molecule has 3 aromatic carbocycles. The van der Waals surface area contributed by atoms with E-state index in [1.807, 2.05) is 17.0 Å². The van der Waals surface area contributed by atoms with E-state index in [1.165, 1.54) is 24.8 Å². The van der Waals surface area contributed by atoms with Crippen LogP contribution in [0.15, 0.2) is 71.5 Å². The van der Waals surface area contributed by atoms with Gasteiger partial charge in [-0.05, 0) is 53.6 Å². The summed E-state index contributed by atoms with van der Waals surface area (Å²) < 4.78 is 29.9. The number of amides is 1. The molecule has 1 amide bonds. The number of carbonyl (C=O) groups is 1. The Morgan fingerprint density at radius 1 is 0.907 bits per heavy atom. The molecule has 1 N–H and O–H groups in total. The van der Waals surface area contributed by atoms with Gasteiger partial charge >= 0.3 is 0 Å². The zero-order chi connectivity index (χ0) is 30.2. The van der Waals surface area contributed by atoms with Crippen molar-refractivity contribution in [3.8, 4) is 28.6 Å². The van der Waals surface area contributed by atoms with E-state index in [4.69, 9.17) is 14.2 Å². The number of rotatable bonds is 11. The van der Waals surface area contributed by atoms with Gasteiger partial charge in [-0.1, -0.05) is 24.3 Å². The van der Waals surface area contributed by atoms with E-state index in [9.17, 15) is 14.0 Å². The number of nitrogens with one attached hydrogen (secondary N) is 1. The Hall–Kier alpha value is -4.77. The van der Waals surface area contributed by atoms with Crippen molar-refractivity contribution in [2.45, 2.75) is 26.0 Å². The molecule has 5 rings (SSSR count). The molecule has 1 saturated heterocycles. The second-order valence-electron chi connectivity index (χ2n) is 10.2. The van der Waals surface area contributed by atoms with E-state index in [0.717, 1.165) is 25.4 Å². The second kappa shape index (κ2) is 13.9. The van der Waals surface area contributed by atoms with Crippen LogP contribution in [0.3, 0.4) is 0 Å². The molecule has 10 nitrogen and oxygen atoms in total. The lowest BCUT2D eigenvalue weighted by Gasteiger charge is -2.34. The van der Waals surface area contributed by atoms with Crippen molar-refractivity contribution in [1.29, 1.82) is 0 Å². The number of methoxy groups -OCH3 is 2. The lowest BCUT2D eigenvalue weighted by atomic mass is 10.1. The SMILES string of the molecule is COc1ccc(CN2CCN(C(=O)CCc3nnc(-c4ccc(OCc5cccc(F)c5)c(OC)c4)[nH]c3=O)CC2)cc1. The Morgan fingerprint density at radius 2 is 1.70 bits per heavy atom. The number of piperazine rings is 1. The molecule has 0 radical (unpaired) electrons. The molecule has 1 fully saturated rings. The first kappa shape index (κ1) is 29.7. The summed E-state index contributed by atoms with van der Waals surface area (Å²) in [5.74, 6) is 1.64. The number of aromatic nitrogens is 3. The first-order valence-corrected chi connectivity index (χ1v) is 14.1. The number of ether oxygens (including phenoxy) is 3. The molecule has 4 aromatic rings. The molecular formula is C32H34FN5O5. The first-order chi connectivity index (χ1) is 20.9. The molecule has 0 spiro atoms. The van der Waals surface area contributed by atoms with E-state index in [-0.39, 0.29) is 42.7 Å². The lowest BCUT2D eigenvalue weighted by Crippen LogP contribution is -2.48. The monoisotopic (exact) mass is 587 g/mol. The number of aromatic amines is 1. The molecule has 1 aromatic heterocycles. The van der Waals surface area contributed by atoms with Crippen molar-refractivity contribution in [2.24, 2.45) is 0 Å². The number of benzene rings is 3. The Morgan fingerprint density at radius 3 is 2.40 bits per heavy atom. The van der Waals surface area contributed by atoms with Crippen molar-refractivity contribution in [3.05, 3.63) is 99.7 Å². The minimum absolute atomic E-state index is 0.00654. The highest BCUT2D eigenvalue weighted by Crippen LogP contribution is 2.31. The van der Waals surface area contributed by atoms with Gasteiger partial charge in [0.05, 0.1) is 14.2 Å². The zero-order valence-electron chi connectivity index (χ0n) is 24.2. The van der Waals surface area contributed by atoms with E-state index in [1.54, 1.807) is 37.4 Å². The van der Waals surface area contributed by atoms with Crippen LogP contribution in [-0.4, -0.2) is 71.3 Å². The predicted octanol–water partition coefficient (Wildman–Crippen LogP) is 3.84. The van der Waals surface area contributed by atoms with E-state index >= 15 is 0 Å². The normalized spacial score (nSPS) is 13.5. The van der Waals surface area contributed by atoms with Crippen molar-refractivity contribution < 1.29 is 23.4 Å². The van der Waals surface area contributed by atoms with E-state index in [0.29, 0.717) is 35.7 Å². The first-order valence-electron chi connectivity index (χ1n) is 14.1. The third-order valence-electron chi connectivity index (χ3n) is 7.35. The van der Waals surface area contributed by atoms with Crippen LogP contribution >= 0.6 is 0 Å². The summed E-state index contributed by atoms with van der Waals surface area (Å²) in [5, 5.41) is 8.30. The van der Waals surface area contributed by atoms with Crippen LogP contribution in [0.4, 0.5) is 4.39 Å². The number of halogens is 1. The maximum atomic E-state index is 13.5. The third kappa shape index (κ3) is 7.75. The molecule has 2 heterocycles. The van der Waals surface area contributed by atoms with Crippen molar-refractivity contribution in [3.63, 3.8) is 0 Å². The predicted molar refractivity (Wildman–Crippen MR) is 159 cm³/mol. The van der Waals surface area contributed by atoms with E-state index in [2.05, 4.69) is 32.2 Å². The van der Waals surface area contributed by atoms with Crippen LogP contribution in [0.2, 0.25) is 0 Å². The fourth-order valence-electron chi connectivity index (χ4n) is 4.90. The van der Waals surface area contributed by atoms with Crippen LogP contribution in [-0.2, 0) is 24.4 Å². The van der Waals surface area contributed by atoms with Gasteiger partial charge in [-0.25, -0.2) is 4.39 Å². The molecule has 0 aliphatic carbocycles. The maximum absolute atomic E-state index is 13.5. The molecule has 224 valence electrons. The number of hydrogen-bond acceptors (Lipinski definition) is 8. The molecule has 43 heavy (non-hydrogen) atoms. The fraction of sp³-hybridized carbons (Fsp3) is 0.312. The van der Waals surface area contributed by atoms with Crippen molar-refractivity contribution >= 4 is 5.91 Å². The van der Waals surface area contributed by atoms with Gasteiger partial charge in [0.2, 0.25) is 5.91 Å². The van der Waals surface area contributed by atoms with Gasteiger partial charge in [0, 0.05) is 51.1 Å². The highest BCUT2D eigenvalue weighted by molar-refractivity contribution is 5.76. The van der Waals surface area contributed by atoms with Gasteiger partial charge in [0.1, 0.15) is 23.9 Å². The Bertz CT molecular complexity index is 1600. The van der Waals surface area contributed by atoms with Crippen LogP contribution in [0.5, 0.6) is 17.2 Å². The summed E-state index contributed by atoms with van der Waals surface area (Å²) in [6.45, 7) is 3.83. The van der Waals surface area contributed by atoms with Gasteiger partial charge < -0.3 is 24.1 Å². The molecule has 0 bridgehead atoms. The van der Waals surface area contributed by atoms with Gasteiger partial charge in [-0.15, -0.1) is 10.2 Å². The van der Waals surface area contributed by atoms with Gasteiger partial charge in [-0.2, -0.15) is 0 Å². The average molecular weight is 588 g/mol. The number of H-pyrrole nitrogens is 1. The minimum Gasteiger partial charge on any atom is -0.497 e. The summed E-state index contributed by atoms with van der Waals surface area (Å²) in [4.78, 5) is 32.6. The molecule has 0 atom stereocenters. The van der Waals surface area contributed by atoms with Crippen LogP contribution in [0, 0.1) is 5.82 Å². The van der Waals surface area contributed by atoms with Crippen LogP contribution in [0.1, 0.15) is 23.2 Å². The summed E-state index contributed by atoms with van der Waals surface area (Å²) in [7, 11) is 3.15. The van der Waals surface area contributed by atoms with Gasteiger partial charge in [-0.3, -0.25) is 14.5 Å². The Kier molecular flexibility index (Phi) is 9.63. The quantitative estimate of drug-likeness (QED) is 0.282. The zero-order valence-corrected chi connectivity index (χ0v) is 24.2. The smallest absolute Gasteiger partial charge is 0.273 e. The van der Waals surface area contributed by atoms with Crippen LogP contribution < -0.4 is 19.8 Å². The lowest BCUT2D eigenvalue weighted by molar-refractivity contribution is -0.133. The third-order valence-corrected chi connectivity index (χ3v) is 7.35. The number of nitrogens with zero attached hydrogens (tertiary/aromatic N) is 4. The number of carbonyl (C=O) groups excluding carboxylic acids is 1.